The van der Waals surface area contributed by atoms with Crippen molar-refractivity contribution >= 4 is 11.7 Å². The Morgan fingerprint density at radius 1 is 1.33 bits per heavy atom. The molecule has 5 heteroatoms. The van der Waals surface area contributed by atoms with Crippen molar-refractivity contribution in [3.05, 3.63) is 53.2 Å². The maximum atomic E-state index is 12.3. The van der Waals surface area contributed by atoms with Gasteiger partial charge in [-0.3, -0.25) is 4.79 Å². The van der Waals surface area contributed by atoms with Gasteiger partial charge in [0.15, 0.2) is 5.82 Å². The SMILES string of the molecule is Cc1ccc(C)c(CC(=O)NCC2CCCN2c2cccnn2)c1. The summed E-state index contributed by atoms with van der Waals surface area (Å²) in [6.45, 7) is 5.73. The molecular formula is C19H24N4O. The molecule has 1 atom stereocenters. The third kappa shape index (κ3) is 3.91. The number of carbonyl (C=O) groups excluding carboxylic acids is 1. The number of hydrogen-bond donors (Lipinski definition) is 1. The van der Waals surface area contributed by atoms with Gasteiger partial charge in [0.1, 0.15) is 0 Å². The zero-order chi connectivity index (χ0) is 16.9. The molecule has 0 spiro atoms. The second-order valence-electron chi connectivity index (χ2n) is 6.48. The van der Waals surface area contributed by atoms with Crippen molar-refractivity contribution in [3.8, 4) is 0 Å². The van der Waals surface area contributed by atoms with E-state index < -0.39 is 0 Å². The van der Waals surface area contributed by atoms with Crippen molar-refractivity contribution < 1.29 is 4.79 Å². The Bertz CT molecular complexity index is 702. The van der Waals surface area contributed by atoms with E-state index in [-0.39, 0.29) is 5.91 Å². The molecule has 1 aliphatic heterocycles. The summed E-state index contributed by atoms with van der Waals surface area (Å²) in [6, 6.07) is 10.4. The average Bonchev–Trinajstić information content (AvgIpc) is 3.06. The van der Waals surface area contributed by atoms with E-state index in [2.05, 4.69) is 52.5 Å². The first-order valence-corrected chi connectivity index (χ1v) is 8.50. The van der Waals surface area contributed by atoms with Crippen molar-refractivity contribution in [1.82, 2.24) is 15.5 Å². The van der Waals surface area contributed by atoms with E-state index in [1.54, 1.807) is 6.20 Å². The summed E-state index contributed by atoms with van der Waals surface area (Å²) >= 11 is 0. The second-order valence-corrected chi connectivity index (χ2v) is 6.48. The molecule has 1 fully saturated rings. The Balaban J connectivity index is 1.57. The second kappa shape index (κ2) is 7.43. The van der Waals surface area contributed by atoms with E-state index in [1.807, 2.05) is 12.1 Å². The van der Waals surface area contributed by atoms with Gasteiger partial charge >= 0.3 is 0 Å². The lowest BCUT2D eigenvalue weighted by atomic mass is 10.0. The van der Waals surface area contributed by atoms with Gasteiger partial charge in [0.2, 0.25) is 5.91 Å². The molecule has 126 valence electrons. The number of benzene rings is 1. The molecule has 0 radical (unpaired) electrons. The van der Waals surface area contributed by atoms with Crippen LogP contribution in [0.25, 0.3) is 0 Å². The average molecular weight is 324 g/mol. The van der Waals surface area contributed by atoms with E-state index in [0.29, 0.717) is 19.0 Å². The maximum absolute atomic E-state index is 12.3. The molecule has 0 bridgehead atoms. The molecule has 1 aromatic carbocycles. The van der Waals surface area contributed by atoms with E-state index >= 15 is 0 Å². The molecule has 2 aromatic rings. The molecular weight excluding hydrogens is 300 g/mol. The fourth-order valence-electron chi connectivity index (χ4n) is 3.25. The number of anilines is 1. The Kier molecular flexibility index (Phi) is 5.08. The summed E-state index contributed by atoms with van der Waals surface area (Å²) in [5.74, 6) is 0.971. The highest BCUT2D eigenvalue weighted by atomic mass is 16.1. The summed E-state index contributed by atoms with van der Waals surface area (Å²) in [5, 5.41) is 11.2. The molecule has 1 aromatic heterocycles. The monoisotopic (exact) mass is 324 g/mol. The van der Waals surface area contributed by atoms with E-state index in [4.69, 9.17) is 0 Å². The van der Waals surface area contributed by atoms with Crippen LogP contribution >= 0.6 is 0 Å². The van der Waals surface area contributed by atoms with Crippen LogP contribution < -0.4 is 10.2 Å². The summed E-state index contributed by atoms with van der Waals surface area (Å²) in [6.07, 6.45) is 4.31. The van der Waals surface area contributed by atoms with Crippen molar-refractivity contribution in [3.63, 3.8) is 0 Å². The Morgan fingerprint density at radius 2 is 2.21 bits per heavy atom. The molecule has 1 aliphatic rings. The van der Waals surface area contributed by atoms with Gasteiger partial charge < -0.3 is 10.2 Å². The fraction of sp³-hybridized carbons (Fsp3) is 0.421. The molecule has 0 aliphatic carbocycles. The molecule has 1 saturated heterocycles. The minimum atomic E-state index is 0.0784. The van der Waals surface area contributed by atoms with Crippen LogP contribution in [-0.2, 0) is 11.2 Å². The predicted molar refractivity (Wildman–Crippen MR) is 95.0 cm³/mol. The molecule has 1 amide bonds. The van der Waals surface area contributed by atoms with Crippen LogP contribution in [0.1, 0.15) is 29.5 Å². The molecule has 2 heterocycles. The Morgan fingerprint density at radius 3 is 3.00 bits per heavy atom. The van der Waals surface area contributed by atoms with Gasteiger partial charge in [-0.1, -0.05) is 23.8 Å². The van der Waals surface area contributed by atoms with Gasteiger partial charge in [-0.25, -0.2) is 0 Å². The number of amides is 1. The van der Waals surface area contributed by atoms with Crippen LogP contribution in [0.15, 0.2) is 36.5 Å². The normalized spacial score (nSPS) is 17.1. The van der Waals surface area contributed by atoms with E-state index in [9.17, 15) is 4.79 Å². The maximum Gasteiger partial charge on any atom is 0.224 e. The number of hydrogen-bond acceptors (Lipinski definition) is 4. The number of aromatic nitrogens is 2. The summed E-state index contributed by atoms with van der Waals surface area (Å²) in [4.78, 5) is 14.6. The van der Waals surface area contributed by atoms with Crippen LogP contribution in [-0.4, -0.2) is 35.2 Å². The molecule has 1 N–H and O–H groups in total. The lowest BCUT2D eigenvalue weighted by Crippen LogP contribution is -2.41. The lowest BCUT2D eigenvalue weighted by Gasteiger charge is -2.25. The van der Waals surface area contributed by atoms with Crippen molar-refractivity contribution in [2.45, 2.75) is 39.2 Å². The highest BCUT2D eigenvalue weighted by Gasteiger charge is 2.26. The smallest absolute Gasteiger partial charge is 0.224 e. The van der Waals surface area contributed by atoms with Crippen LogP contribution in [0.3, 0.4) is 0 Å². The van der Waals surface area contributed by atoms with Gasteiger partial charge in [0.25, 0.3) is 0 Å². The summed E-state index contributed by atoms with van der Waals surface area (Å²) in [5.41, 5.74) is 3.45. The lowest BCUT2D eigenvalue weighted by molar-refractivity contribution is -0.120. The highest BCUT2D eigenvalue weighted by molar-refractivity contribution is 5.79. The van der Waals surface area contributed by atoms with Gasteiger partial charge in [0.05, 0.1) is 6.42 Å². The summed E-state index contributed by atoms with van der Waals surface area (Å²) in [7, 11) is 0. The third-order valence-corrected chi connectivity index (χ3v) is 4.62. The molecule has 24 heavy (non-hydrogen) atoms. The molecule has 0 saturated carbocycles. The number of nitrogens with one attached hydrogen (secondary N) is 1. The van der Waals surface area contributed by atoms with Crippen molar-refractivity contribution in [1.29, 1.82) is 0 Å². The first kappa shape index (κ1) is 16.4. The first-order chi connectivity index (χ1) is 11.6. The van der Waals surface area contributed by atoms with E-state index in [1.165, 1.54) is 5.56 Å². The standard InChI is InChI=1S/C19H24N4O/c1-14-7-8-15(2)16(11-14)12-19(24)20-13-17-5-4-10-23(17)18-6-3-9-21-22-18/h3,6-9,11,17H,4-5,10,12-13H2,1-2H3,(H,20,24). The number of rotatable bonds is 5. The van der Waals surface area contributed by atoms with Crippen LogP contribution in [0, 0.1) is 13.8 Å². The van der Waals surface area contributed by atoms with Crippen LogP contribution in [0.2, 0.25) is 0 Å². The van der Waals surface area contributed by atoms with Gasteiger partial charge in [0, 0.05) is 25.3 Å². The third-order valence-electron chi connectivity index (χ3n) is 4.62. The van der Waals surface area contributed by atoms with Gasteiger partial charge in [-0.2, -0.15) is 5.10 Å². The quantitative estimate of drug-likeness (QED) is 0.918. The Labute approximate surface area is 143 Å². The zero-order valence-corrected chi connectivity index (χ0v) is 14.3. The fourth-order valence-corrected chi connectivity index (χ4v) is 3.25. The largest absolute Gasteiger partial charge is 0.354 e. The molecule has 1 unspecified atom stereocenters. The predicted octanol–water partition coefficient (Wildman–Crippen LogP) is 2.42. The number of carbonyl (C=O) groups is 1. The minimum Gasteiger partial charge on any atom is -0.354 e. The highest BCUT2D eigenvalue weighted by Crippen LogP contribution is 2.22. The van der Waals surface area contributed by atoms with E-state index in [0.717, 1.165) is 36.3 Å². The van der Waals surface area contributed by atoms with Crippen molar-refractivity contribution in [2.75, 3.05) is 18.0 Å². The summed E-state index contributed by atoms with van der Waals surface area (Å²) < 4.78 is 0. The van der Waals surface area contributed by atoms with Gasteiger partial charge in [-0.05, 0) is 49.9 Å². The van der Waals surface area contributed by atoms with Crippen LogP contribution in [0.4, 0.5) is 5.82 Å². The zero-order valence-electron chi connectivity index (χ0n) is 14.3. The Hall–Kier alpha value is -2.43. The van der Waals surface area contributed by atoms with Gasteiger partial charge in [-0.15, -0.1) is 5.10 Å². The molecule has 5 nitrogen and oxygen atoms in total. The molecule has 3 rings (SSSR count). The topological polar surface area (TPSA) is 58.1 Å². The minimum absolute atomic E-state index is 0.0784. The number of nitrogens with zero attached hydrogens (tertiary/aromatic N) is 3. The number of aryl methyl sites for hydroxylation is 2. The van der Waals surface area contributed by atoms with Crippen molar-refractivity contribution in [2.24, 2.45) is 0 Å². The first-order valence-electron chi connectivity index (χ1n) is 8.50. The van der Waals surface area contributed by atoms with Crippen LogP contribution in [0.5, 0.6) is 0 Å².